The van der Waals surface area contributed by atoms with Gasteiger partial charge in [-0.1, -0.05) is 50.6 Å². The van der Waals surface area contributed by atoms with Gasteiger partial charge in [0.1, 0.15) is 12.4 Å². The number of nitrogens with zero attached hydrogens (tertiary/aromatic N) is 4. The van der Waals surface area contributed by atoms with E-state index in [1.807, 2.05) is 30.3 Å². The van der Waals surface area contributed by atoms with Crippen LogP contribution in [0.1, 0.15) is 37.0 Å². The highest BCUT2D eigenvalue weighted by Crippen LogP contribution is 2.24. The molecule has 0 saturated carbocycles. The van der Waals surface area contributed by atoms with Gasteiger partial charge >= 0.3 is 5.69 Å². The minimum absolute atomic E-state index is 0.270. The molecule has 26 heavy (non-hydrogen) atoms. The Bertz CT molecular complexity index is 943. The number of tetrazole rings is 1. The molecular weight excluding hydrogens is 328 g/mol. The van der Waals surface area contributed by atoms with Crippen molar-refractivity contribution in [3.05, 3.63) is 69.6 Å². The lowest BCUT2D eigenvalue weighted by Crippen LogP contribution is -2.23. The maximum atomic E-state index is 12.3. The fraction of sp³-hybridized carbons (Fsp3) is 0.350. The Hall–Kier alpha value is -2.89. The summed E-state index contributed by atoms with van der Waals surface area (Å²) in [5.74, 6) is 0.874. The van der Waals surface area contributed by atoms with Crippen molar-refractivity contribution >= 4 is 0 Å². The first-order valence-corrected chi connectivity index (χ1v) is 8.96. The summed E-state index contributed by atoms with van der Waals surface area (Å²) in [5.41, 5.74) is 3.76. The van der Waals surface area contributed by atoms with Crippen molar-refractivity contribution in [1.29, 1.82) is 0 Å². The lowest BCUT2D eigenvalue weighted by atomic mass is 10.0. The second-order valence-corrected chi connectivity index (χ2v) is 6.21. The first-order chi connectivity index (χ1) is 12.7. The van der Waals surface area contributed by atoms with Crippen LogP contribution >= 0.6 is 0 Å². The molecule has 0 spiro atoms. The summed E-state index contributed by atoms with van der Waals surface area (Å²) in [4.78, 5) is 12.3. The molecule has 0 amide bonds. The third-order valence-electron chi connectivity index (χ3n) is 4.44. The van der Waals surface area contributed by atoms with E-state index in [-0.39, 0.29) is 5.69 Å². The number of benzene rings is 2. The van der Waals surface area contributed by atoms with E-state index in [1.165, 1.54) is 14.9 Å². The van der Waals surface area contributed by atoms with E-state index in [0.29, 0.717) is 6.61 Å². The molecular formula is C20H24N4O2. The van der Waals surface area contributed by atoms with Gasteiger partial charge in [-0.2, -0.15) is 9.36 Å². The first-order valence-electron chi connectivity index (χ1n) is 8.96. The second kappa shape index (κ2) is 7.99. The van der Waals surface area contributed by atoms with Gasteiger partial charge in [-0.15, -0.1) is 0 Å². The van der Waals surface area contributed by atoms with Crippen molar-refractivity contribution in [3.8, 4) is 11.4 Å². The van der Waals surface area contributed by atoms with Crippen LogP contribution in [0.4, 0.5) is 0 Å². The largest absolute Gasteiger partial charge is 0.489 e. The van der Waals surface area contributed by atoms with Gasteiger partial charge in [-0.3, -0.25) is 0 Å². The average Bonchev–Trinajstić information content (AvgIpc) is 2.99. The molecule has 136 valence electrons. The van der Waals surface area contributed by atoms with Crippen molar-refractivity contribution in [2.75, 3.05) is 0 Å². The van der Waals surface area contributed by atoms with E-state index in [2.05, 4.69) is 36.4 Å². The second-order valence-electron chi connectivity index (χ2n) is 6.21. The maximum absolute atomic E-state index is 12.3. The molecule has 0 aliphatic rings. The van der Waals surface area contributed by atoms with Crippen LogP contribution in [0.5, 0.6) is 5.75 Å². The van der Waals surface area contributed by atoms with Gasteiger partial charge in [-0.25, -0.2) is 4.79 Å². The Kier molecular flexibility index (Phi) is 5.51. The molecule has 0 aliphatic carbocycles. The fourth-order valence-electron chi connectivity index (χ4n) is 3.04. The molecule has 1 aromatic heterocycles. The zero-order chi connectivity index (χ0) is 18.5. The van der Waals surface area contributed by atoms with Crippen molar-refractivity contribution in [2.24, 2.45) is 7.05 Å². The normalized spacial score (nSPS) is 10.9. The van der Waals surface area contributed by atoms with Crippen LogP contribution in [0.3, 0.4) is 0 Å². The molecule has 6 nitrogen and oxygen atoms in total. The van der Waals surface area contributed by atoms with Crippen molar-refractivity contribution in [1.82, 2.24) is 19.8 Å². The number of hydrogen-bond acceptors (Lipinski definition) is 4. The third kappa shape index (κ3) is 3.54. The molecule has 0 unspecified atom stereocenters. The molecule has 0 atom stereocenters. The third-order valence-corrected chi connectivity index (χ3v) is 4.44. The lowest BCUT2D eigenvalue weighted by molar-refractivity contribution is 0.301. The Morgan fingerprint density at radius 1 is 1.00 bits per heavy atom. The van der Waals surface area contributed by atoms with Gasteiger partial charge in [-0.05, 0) is 46.5 Å². The number of aryl methyl sites for hydroxylation is 3. The van der Waals surface area contributed by atoms with Crippen LogP contribution in [0.15, 0.2) is 47.3 Å². The summed E-state index contributed by atoms with van der Waals surface area (Å²) in [6.45, 7) is 4.63. The zero-order valence-electron chi connectivity index (χ0n) is 15.5. The van der Waals surface area contributed by atoms with E-state index < -0.39 is 0 Å². The van der Waals surface area contributed by atoms with Crippen molar-refractivity contribution < 1.29 is 4.74 Å². The first kappa shape index (κ1) is 17.9. The van der Waals surface area contributed by atoms with Crippen LogP contribution in [-0.4, -0.2) is 19.8 Å². The Morgan fingerprint density at radius 2 is 1.77 bits per heavy atom. The minimum Gasteiger partial charge on any atom is -0.489 e. The van der Waals surface area contributed by atoms with Crippen molar-refractivity contribution in [3.63, 3.8) is 0 Å². The van der Waals surface area contributed by atoms with E-state index >= 15 is 0 Å². The minimum atomic E-state index is -0.270. The molecule has 3 aromatic rings. The summed E-state index contributed by atoms with van der Waals surface area (Å²) in [5, 5.41) is 7.83. The topological polar surface area (TPSA) is 61.9 Å². The quantitative estimate of drug-likeness (QED) is 0.656. The molecule has 3 rings (SSSR count). The molecule has 0 fully saturated rings. The van der Waals surface area contributed by atoms with E-state index in [0.717, 1.165) is 41.8 Å². The molecule has 0 bridgehead atoms. The van der Waals surface area contributed by atoms with E-state index in [9.17, 15) is 4.79 Å². The predicted octanol–water partition coefficient (Wildman–Crippen LogP) is 3.06. The van der Waals surface area contributed by atoms with Crippen LogP contribution in [0.25, 0.3) is 5.69 Å². The lowest BCUT2D eigenvalue weighted by Gasteiger charge is -2.16. The zero-order valence-corrected chi connectivity index (χ0v) is 15.5. The van der Waals surface area contributed by atoms with Gasteiger partial charge in [0, 0.05) is 12.6 Å². The van der Waals surface area contributed by atoms with Gasteiger partial charge in [0.05, 0.1) is 5.69 Å². The highest BCUT2D eigenvalue weighted by molar-refractivity contribution is 5.45. The molecule has 0 saturated heterocycles. The van der Waals surface area contributed by atoms with Crippen LogP contribution in [-0.2, 0) is 26.5 Å². The Labute approximate surface area is 153 Å². The molecule has 0 radical (unpaired) electrons. The molecule has 2 aromatic carbocycles. The van der Waals surface area contributed by atoms with Gasteiger partial charge in [0.15, 0.2) is 0 Å². The number of rotatable bonds is 7. The van der Waals surface area contributed by atoms with Gasteiger partial charge < -0.3 is 4.74 Å². The maximum Gasteiger partial charge on any atom is 0.368 e. The van der Waals surface area contributed by atoms with E-state index in [4.69, 9.17) is 4.74 Å². The predicted molar refractivity (Wildman–Crippen MR) is 101 cm³/mol. The standard InChI is InChI=1S/C20H24N4O2/c1-4-9-16-11-8-12-18(24-20(25)23(3)21-22-24)17(16)14-26-19-13-7-6-10-15(19)5-2/h6-8,10-13H,4-5,9,14H2,1-3H3. The monoisotopic (exact) mass is 352 g/mol. The van der Waals surface area contributed by atoms with Crippen LogP contribution in [0, 0.1) is 0 Å². The fourth-order valence-corrected chi connectivity index (χ4v) is 3.04. The van der Waals surface area contributed by atoms with Crippen molar-refractivity contribution in [2.45, 2.75) is 39.7 Å². The number of hydrogen-bond donors (Lipinski definition) is 0. The SMILES string of the molecule is CCCc1cccc(-n2nnn(C)c2=O)c1COc1ccccc1CC. The molecule has 0 N–H and O–H groups in total. The van der Waals surface area contributed by atoms with Crippen LogP contribution < -0.4 is 10.4 Å². The molecule has 1 heterocycles. The summed E-state index contributed by atoms with van der Waals surface area (Å²) < 4.78 is 8.70. The molecule has 0 aliphatic heterocycles. The smallest absolute Gasteiger partial charge is 0.368 e. The number of para-hydroxylation sites is 1. The Morgan fingerprint density at radius 3 is 2.46 bits per heavy atom. The average molecular weight is 352 g/mol. The Balaban J connectivity index is 2.01. The highest BCUT2D eigenvalue weighted by atomic mass is 16.5. The number of aromatic nitrogens is 4. The summed E-state index contributed by atoms with van der Waals surface area (Å²) >= 11 is 0. The number of ether oxygens (including phenoxy) is 1. The molecule has 6 heteroatoms. The summed E-state index contributed by atoms with van der Waals surface area (Å²) in [7, 11) is 1.59. The summed E-state index contributed by atoms with van der Waals surface area (Å²) in [6.07, 6.45) is 2.83. The highest BCUT2D eigenvalue weighted by Gasteiger charge is 2.15. The van der Waals surface area contributed by atoms with E-state index in [1.54, 1.807) is 7.05 Å². The summed E-state index contributed by atoms with van der Waals surface area (Å²) in [6, 6.07) is 14.0. The van der Waals surface area contributed by atoms with Crippen LogP contribution in [0.2, 0.25) is 0 Å². The van der Waals surface area contributed by atoms with Gasteiger partial charge in [0.25, 0.3) is 0 Å². The van der Waals surface area contributed by atoms with Gasteiger partial charge in [0.2, 0.25) is 0 Å².